The van der Waals surface area contributed by atoms with E-state index in [0.717, 1.165) is 11.1 Å². The van der Waals surface area contributed by atoms with Gasteiger partial charge in [0.05, 0.1) is 0 Å². The van der Waals surface area contributed by atoms with Crippen LogP contribution in [0.5, 0.6) is 0 Å². The monoisotopic (exact) mass is 267 g/mol. The van der Waals surface area contributed by atoms with Crippen LogP contribution in [0.15, 0.2) is 66.1 Å². The van der Waals surface area contributed by atoms with Crippen molar-refractivity contribution in [2.45, 2.75) is 0 Å². The van der Waals surface area contributed by atoms with E-state index >= 15 is 0 Å². The first-order chi connectivity index (χ1) is 9.74. The lowest BCUT2D eigenvalue weighted by Gasteiger charge is -2.08. The van der Waals surface area contributed by atoms with Crippen LogP contribution in [0.3, 0.4) is 0 Å². The Kier molecular flexibility index (Phi) is 3.09. The van der Waals surface area contributed by atoms with Crippen molar-refractivity contribution in [3.8, 4) is 16.8 Å². The zero-order valence-electron chi connectivity index (χ0n) is 10.4. The summed E-state index contributed by atoms with van der Waals surface area (Å²) in [6, 6.07) is 8.93. The van der Waals surface area contributed by atoms with Gasteiger partial charge in [0.2, 0.25) is 0 Å². The maximum absolute atomic E-state index is 12.9. The Morgan fingerprint density at radius 1 is 0.900 bits per heavy atom. The third-order valence-electron chi connectivity index (χ3n) is 2.91. The molecular formula is C15H10FN3O. The van der Waals surface area contributed by atoms with Gasteiger partial charge < -0.3 is 0 Å². The molecule has 0 saturated heterocycles. The van der Waals surface area contributed by atoms with Crippen LogP contribution in [-0.4, -0.2) is 14.5 Å². The van der Waals surface area contributed by atoms with Gasteiger partial charge in [0.1, 0.15) is 12.1 Å². The van der Waals surface area contributed by atoms with E-state index in [0.29, 0.717) is 5.69 Å². The van der Waals surface area contributed by atoms with Crippen molar-refractivity contribution >= 4 is 0 Å². The molecule has 2 heterocycles. The number of rotatable bonds is 2. The molecule has 0 atom stereocenters. The molecule has 0 fully saturated rings. The minimum Gasteiger partial charge on any atom is -0.284 e. The molecule has 3 rings (SSSR count). The summed E-state index contributed by atoms with van der Waals surface area (Å²) in [5.41, 5.74) is 2.05. The predicted molar refractivity (Wildman–Crippen MR) is 73.0 cm³/mol. The van der Waals surface area contributed by atoms with E-state index < -0.39 is 0 Å². The molecule has 4 nitrogen and oxygen atoms in total. The number of aromatic nitrogens is 3. The lowest BCUT2D eigenvalue weighted by molar-refractivity contribution is 0.627. The molecule has 1 aromatic carbocycles. The summed E-state index contributed by atoms with van der Waals surface area (Å²) in [4.78, 5) is 19.8. The van der Waals surface area contributed by atoms with E-state index in [1.54, 1.807) is 36.8 Å². The second kappa shape index (κ2) is 5.05. The van der Waals surface area contributed by atoms with Gasteiger partial charge in [0.15, 0.2) is 0 Å². The molecule has 0 unspecified atom stereocenters. The SMILES string of the molecule is O=c1ccc(-c2cncnc2)cn1-c1ccc(F)cc1. The Morgan fingerprint density at radius 2 is 1.60 bits per heavy atom. The predicted octanol–water partition coefficient (Wildman–Crippen LogP) is 2.43. The van der Waals surface area contributed by atoms with E-state index in [1.807, 2.05) is 0 Å². The number of pyridine rings is 1. The Morgan fingerprint density at radius 3 is 2.30 bits per heavy atom. The van der Waals surface area contributed by atoms with E-state index in [-0.39, 0.29) is 11.4 Å². The van der Waals surface area contributed by atoms with E-state index in [2.05, 4.69) is 9.97 Å². The van der Waals surface area contributed by atoms with Crippen LogP contribution >= 0.6 is 0 Å². The van der Waals surface area contributed by atoms with Crippen LogP contribution in [0.1, 0.15) is 0 Å². The number of halogens is 1. The summed E-state index contributed by atoms with van der Waals surface area (Å²) in [5, 5.41) is 0. The molecule has 0 radical (unpaired) electrons. The van der Waals surface area contributed by atoms with Gasteiger partial charge in [-0.2, -0.15) is 0 Å². The Hall–Kier alpha value is -2.82. The summed E-state index contributed by atoms with van der Waals surface area (Å²) in [7, 11) is 0. The minimum atomic E-state index is -0.339. The van der Waals surface area contributed by atoms with Crippen LogP contribution in [-0.2, 0) is 0 Å². The van der Waals surface area contributed by atoms with Crippen LogP contribution in [0.2, 0.25) is 0 Å². The molecule has 20 heavy (non-hydrogen) atoms. The number of hydrogen-bond donors (Lipinski definition) is 0. The third kappa shape index (κ3) is 2.33. The molecule has 3 aromatic rings. The Labute approximate surface area is 114 Å². The molecule has 0 amide bonds. The molecule has 0 aliphatic carbocycles. The molecule has 0 aliphatic heterocycles. The first kappa shape index (κ1) is 12.2. The second-order valence-corrected chi connectivity index (χ2v) is 4.23. The topological polar surface area (TPSA) is 47.8 Å². The molecule has 0 aliphatic rings. The highest BCUT2D eigenvalue weighted by atomic mass is 19.1. The fraction of sp³-hybridized carbons (Fsp3) is 0. The zero-order chi connectivity index (χ0) is 13.9. The zero-order valence-corrected chi connectivity index (χ0v) is 10.4. The molecule has 0 bridgehead atoms. The quantitative estimate of drug-likeness (QED) is 0.716. The lowest BCUT2D eigenvalue weighted by atomic mass is 10.1. The van der Waals surface area contributed by atoms with Crippen molar-refractivity contribution in [1.82, 2.24) is 14.5 Å². The van der Waals surface area contributed by atoms with Crippen LogP contribution in [0, 0.1) is 5.82 Å². The average Bonchev–Trinajstić information content (AvgIpc) is 2.50. The summed E-state index contributed by atoms with van der Waals surface area (Å²) in [6.07, 6.45) is 6.47. The number of nitrogens with zero attached hydrogens (tertiary/aromatic N) is 3. The molecule has 0 spiro atoms. The minimum absolute atomic E-state index is 0.183. The number of hydrogen-bond acceptors (Lipinski definition) is 3. The van der Waals surface area contributed by atoms with Gasteiger partial charge in [-0.05, 0) is 30.3 Å². The van der Waals surface area contributed by atoms with Crippen LogP contribution in [0.4, 0.5) is 4.39 Å². The summed E-state index contributed by atoms with van der Waals surface area (Å²) < 4.78 is 14.4. The lowest BCUT2D eigenvalue weighted by Crippen LogP contribution is -2.16. The third-order valence-corrected chi connectivity index (χ3v) is 2.91. The highest BCUT2D eigenvalue weighted by Gasteiger charge is 2.04. The van der Waals surface area contributed by atoms with Crippen molar-refractivity contribution in [1.29, 1.82) is 0 Å². The first-order valence-electron chi connectivity index (χ1n) is 5.98. The molecule has 0 N–H and O–H groups in total. The maximum Gasteiger partial charge on any atom is 0.255 e. The van der Waals surface area contributed by atoms with Crippen molar-refractivity contribution < 1.29 is 4.39 Å². The first-order valence-corrected chi connectivity index (χ1v) is 5.98. The molecule has 5 heteroatoms. The van der Waals surface area contributed by atoms with Gasteiger partial charge in [-0.15, -0.1) is 0 Å². The standard InChI is InChI=1S/C15H10FN3O/c16-13-2-4-14(5-3-13)19-9-11(1-6-15(19)20)12-7-17-10-18-8-12/h1-10H. The second-order valence-electron chi connectivity index (χ2n) is 4.23. The maximum atomic E-state index is 12.9. The van der Waals surface area contributed by atoms with Gasteiger partial charge in [0, 0.05) is 41.5 Å². The van der Waals surface area contributed by atoms with Gasteiger partial charge >= 0.3 is 0 Å². The largest absolute Gasteiger partial charge is 0.284 e. The van der Waals surface area contributed by atoms with Crippen molar-refractivity contribution in [2.24, 2.45) is 0 Å². The Bertz CT molecular complexity index is 782. The van der Waals surface area contributed by atoms with Gasteiger partial charge in [-0.3, -0.25) is 9.36 Å². The van der Waals surface area contributed by atoms with E-state index in [4.69, 9.17) is 0 Å². The van der Waals surface area contributed by atoms with Crippen molar-refractivity contribution in [2.75, 3.05) is 0 Å². The van der Waals surface area contributed by atoms with Crippen molar-refractivity contribution in [3.05, 3.63) is 77.5 Å². The van der Waals surface area contributed by atoms with Gasteiger partial charge in [-0.25, -0.2) is 14.4 Å². The fourth-order valence-corrected chi connectivity index (χ4v) is 1.91. The van der Waals surface area contributed by atoms with E-state index in [1.165, 1.54) is 29.1 Å². The number of benzene rings is 1. The normalized spacial score (nSPS) is 10.4. The average molecular weight is 267 g/mol. The smallest absolute Gasteiger partial charge is 0.255 e. The molecular weight excluding hydrogens is 257 g/mol. The Balaban J connectivity index is 2.12. The summed E-state index contributed by atoms with van der Waals surface area (Å²) in [6.45, 7) is 0. The highest BCUT2D eigenvalue weighted by molar-refractivity contribution is 5.60. The van der Waals surface area contributed by atoms with Crippen molar-refractivity contribution in [3.63, 3.8) is 0 Å². The van der Waals surface area contributed by atoms with Gasteiger partial charge in [-0.1, -0.05) is 0 Å². The van der Waals surface area contributed by atoms with Gasteiger partial charge in [0.25, 0.3) is 5.56 Å². The fourth-order valence-electron chi connectivity index (χ4n) is 1.91. The van der Waals surface area contributed by atoms with Crippen LogP contribution in [0.25, 0.3) is 16.8 Å². The summed E-state index contributed by atoms with van der Waals surface area (Å²) >= 11 is 0. The molecule has 98 valence electrons. The van der Waals surface area contributed by atoms with Crippen LogP contribution < -0.4 is 5.56 Å². The summed E-state index contributed by atoms with van der Waals surface area (Å²) in [5.74, 6) is -0.339. The highest BCUT2D eigenvalue weighted by Crippen LogP contribution is 2.16. The van der Waals surface area contributed by atoms with E-state index in [9.17, 15) is 9.18 Å². The molecule has 2 aromatic heterocycles. The molecule has 0 saturated carbocycles.